The first-order valence-corrected chi connectivity index (χ1v) is 9.43. The SMILES string of the molecule is CCC1CN(C(=O)c2ccccc2N(C)C(=O)c2cccs2)CCN1. The highest BCUT2D eigenvalue weighted by Crippen LogP contribution is 2.24. The van der Waals surface area contributed by atoms with Crippen molar-refractivity contribution in [3.05, 3.63) is 52.2 Å². The third-order valence-electron chi connectivity index (χ3n) is 4.57. The Labute approximate surface area is 152 Å². The van der Waals surface area contributed by atoms with Crippen LogP contribution < -0.4 is 10.2 Å². The summed E-state index contributed by atoms with van der Waals surface area (Å²) in [4.78, 5) is 29.8. The molecule has 2 aromatic rings. The fourth-order valence-corrected chi connectivity index (χ4v) is 3.77. The topological polar surface area (TPSA) is 52.7 Å². The Morgan fingerprint density at radius 2 is 2.08 bits per heavy atom. The van der Waals surface area contributed by atoms with Gasteiger partial charge in [0, 0.05) is 32.7 Å². The molecular weight excluding hydrogens is 334 g/mol. The number of para-hydroxylation sites is 1. The first-order valence-electron chi connectivity index (χ1n) is 8.55. The molecule has 5 nitrogen and oxygen atoms in total. The van der Waals surface area contributed by atoms with E-state index in [4.69, 9.17) is 0 Å². The number of rotatable bonds is 4. The Hall–Kier alpha value is -2.18. The van der Waals surface area contributed by atoms with E-state index in [0.717, 1.165) is 13.0 Å². The van der Waals surface area contributed by atoms with Gasteiger partial charge in [0.25, 0.3) is 11.8 Å². The van der Waals surface area contributed by atoms with Crippen LogP contribution >= 0.6 is 11.3 Å². The number of amides is 2. The van der Waals surface area contributed by atoms with Crippen molar-refractivity contribution in [2.45, 2.75) is 19.4 Å². The molecule has 1 fully saturated rings. The number of anilines is 1. The van der Waals surface area contributed by atoms with Crippen LogP contribution in [-0.2, 0) is 0 Å². The van der Waals surface area contributed by atoms with Crippen molar-refractivity contribution in [3.63, 3.8) is 0 Å². The van der Waals surface area contributed by atoms with Crippen molar-refractivity contribution in [2.75, 3.05) is 31.6 Å². The Morgan fingerprint density at radius 3 is 2.80 bits per heavy atom. The van der Waals surface area contributed by atoms with Crippen LogP contribution in [0.25, 0.3) is 0 Å². The van der Waals surface area contributed by atoms with Crippen molar-refractivity contribution in [2.24, 2.45) is 0 Å². The predicted octanol–water partition coefficient (Wildman–Crippen LogP) is 2.85. The van der Waals surface area contributed by atoms with Crippen molar-refractivity contribution in [1.82, 2.24) is 10.2 Å². The molecule has 1 aliphatic heterocycles. The molecule has 0 radical (unpaired) electrons. The quantitative estimate of drug-likeness (QED) is 0.915. The Morgan fingerprint density at radius 1 is 1.28 bits per heavy atom. The van der Waals surface area contributed by atoms with Crippen LogP contribution in [0.15, 0.2) is 41.8 Å². The van der Waals surface area contributed by atoms with E-state index in [1.165, 1.54) is 11.3 Å². The molecule has 2 amide bonds. The smallest absolute Gasteiger partial charge is 0.268 e. The number of hydrogen-bond acceptors (Lipinski definition) is 4. The van der Waals surface area contributed by atoms with E-state index in [-0.39, 0.29) is 11.8 Å². The van der Waals surface area contributed by atoms with Gasteiger partial charge in [-0.3, -0.25) is 9.59 Å². The minimum Gasteiger partial charge on any atom is -0.336 e. The number of nitrogens with one attached hydrogen (secondary N) is 1. The van der Waals surface area contributed by atoms with Crippen molar-refractivity contribution in [3.8, 4) is 0 Å². The molecule has 6 heteroatoms. The molecule has 1 aromatic carbocycles. The summed E-state index contributed by atoms with van der Waals surface area (Å²) in [6.07, 6.45) is 0.988. The van der Waals surface area contributed by atoms with Gasteiger partial charge in [-0.1, -0.05) is 25.1 Å². The maximum Gasteiger partial charge on any atom is 0.268 e. The molecule has 1 N–H and O–H groups in total. The van der Waals surface area contributed by atoms with Crippen LogP contribution in [0.2, 0.25) is 0 Å². The number of piperazine rings is 1. The second-order valence-corrected chi connectivity index (χ2v) is 7.12. The summed E-state index contributed by atoms with van der Waals surface area (Å²) >= 11 is 1.40. The second-order valence-electron chi connectivity index (χ2n) is 6.17. The van der Waals surface area contributed by atoms with Crippen LogP contribution in [0.3, 0.4) is 0 Å². The molecule has 3 rings (SSSR count). The van der Waals surface area contributed by atoms with Crippen LogP contribution in [0.4, 0.5) is 5.69 Å². The minimum absolute atomic E-state index is 0.0126. The van der Waals surface area contributed by atoms with E-state index in [1.54, 1.807) is 24.1 Å². The van der Waals surface area contributed by atoms with Crippen molar-refractivity contribution < 1.29 is 9.59 Å². The van der Waals surface area contributed by atoms with Crippen LogP contribution in [0.5, 0.6) is 0 Å². The van der Waals surface area contributed by atoms with E-state index in [1.807, 2.05) is 34.5 Å². The zero-order valence-corrected chi connectivity index (χ0v) is 15.4. The first-order chi connectivity index (χ1) is 12.1. The zero-order valence-electron chi connectivity index (χ0n) is 14.6. The molecule has 25 heavy (non-hydrogen) atoms. The van der Waals surface area contributed by atoms with Gasteiger partial charge in [-0.15, -0.1) is 11.3 Å². The van der Waals surface area contributed by atoms with Crippen molar-refractivity contribution in [1.29, 1.82) is 0 Å². The van der Waals surface area contributed by atoms with Gasteiger partial charge in [0.15, 0.2) is 0 Å². The summed E-state index contributed by atoms with van der Waals surface area (Å²) in [5.74, 6) is -0.108. The standard InChI is InChI=1S/C19H23N3O2S/c1-3-14-13-22(11-10-20-14)18(23)15-7-4-5-8-16(15)21(2)19(24)17-9-6-12-25-17/h4-9,12,14,20H,3,10-11,13H2,1-2H3. The number of carbonyl (C=O) groups is 2. The lowest BCUT2D eigenvalue weighted by Crippen LogP contribution is -2.52. The highest BCUT2D eigenvalue weighted by Gasteiger charge is 2.26. The molecule has 1 aliphatic rings. The maximum absolute atomic E-state index is 13.1. The molecule has 1 unspecified atom stereocenters. The molecule has 0 bridgehead atoms. The lowest BCUT2D eigenvalue weighted by atomic mass is 10.1. The van der Waals surface area contributed by atoms with Crippen LogP contribution in [0.1, 0.15) is 33.4 Å². The summed E-state index contributed by atoms with van der Waals surface area (Å²) in [5, 5.41) is 5.30. The van der Waals surface area contributed by atoms with E-state index < -0.39 is 0 Å². The highest BCUT2D eigenvalue weighted by atomic mass is 32.1. The second kappa shape index (κ2) is 7.80. The van der Waals surface area contributed by atoms with E-state index in [9.17, 15) is 9.59 Å². The summed E-state index contributed by atoms with van der Waals surface area (Å²) in [6, 6.07) is 11.3. The third-order valence-corrected chi connectivity index (χ3v) is 5.43. The summed E-state index contributed by atoms with van der Waals surface area (Å²) in [6.45, 7) is 4.31. The fourth-order valence-electron chi connectivity index (χ4n) is 3.08. The average molecular weight is 357 g/mol. The van der Waals surface area contributed by atoms with Gasteiger partial charge in [-0.2, -0.15) is 0 Å². The molecule has 1 saturated heterocycles. The summed E-state index contributed by atoms with van der Waals surface area (Å²) < 4.78 is 0. The molecular formula is C19H23N3O2S. The number of hydrogen-bond donors (Lipinski definition) is 1. The van der Waals surface area contributed by atoms with Gasteiger partial charge >= 0.3 is 0 Å². The van der Waals surface area contributed by atoms with E-state index >= 15 is 0 Å². The Kier molecular flexibility index (Phi) is 5.50. The van der Waals surface area contributed by atoms with Gasteiger partial charge in [-0.25, -0.2) is 0 Å². The molecule has 1 aromatic heterocycles. The Bertz CT molecular complexity index is 745. The number of benzene rings is 1. The van der Waals surface area contributed by atoms with Gasteiger partial charge in [0.05, 0.1) is 16.1 Å². The zero-order chi connectivity index (χ0) is 17.8. The Balaban J connectivity index is 1.85. The number of thiophene rings is 1. The summed E-state index contributed by atoms with van der Waals surface area (Å²) in [5.41, 5.74) is 1.23. The monoisotopic (exact) mass is 357 g/mol. The predicted molar refractivity (Wildman–Crippen MR) is 101 cm³/mol. The molecule has 132 valence electrons. The fraction of sp³-hybridized carbons (Fsp3) is 0.368. The molecule has 0 saturated carbocycles. The first kappa shape index (κ1) is 17.6. The van der Waals surface area contributed by atoms with Crippen LogP contribution in [-0.4, -0.2) is 49.4 Å². The van der Waals surface area contributed by atoms with E-state index in [2.05, 4.69) is 12.2 Å². The van der Waals surface area contributed by atoms with Gasteiger partial charge in [0.2, 0.25) is 0 Å². The number of carbonyl (C=O) groups excluding carboxylic acids is 2. The molecule has 0 aliphatic carbocycles. The van der Waals surface area contributed by atoms with Gasteiger partial charge in [0.1, 0.15) is 0 Å². The van der Waals surface area contributed by atoms with Crippen LogP contribution in [0, 0.1) is 0 Å². The molecule has 0 spiro atoms. The largest absolute Gasteiger partial charge is 0.336 e. The average Bonchev–Trinajstić information content (AvgIpc) is 3.21. The lowest BCUT2D eigenvalue weighted by molar-refractivity contribution is 0.0702. The van der Waals surface area contributed by atoms with E-state index in [0.29, 0.717) is 35.3 Å². The third kappa shape index (κ3) is 3.75. The number of nitrogens with zero attached hydrogens (tertiary/aromatic N) is 2. The lowest BCUT2D eigenvalue weighted by Gasteiger charge is -2.34. The molecule has 2 heterocycles. The summed E-state index contributed by atoms with van der Waals surface area (Å²) in [7, 11) is 1.72. The maximum atomic E-state index is 13.1. The highest BCUT2D eigenvalue weighted by molar-refractivity contribution is 7.12. The van der Waals surface area contributed by atoms with Crippen molar-refractivity contribution >= 4 is 28.8 Å². The van der Waals surface area contributed by atoms with Gasteiger partial charge < -0.3 is 15.1 Å². The van der Waals surface area contributed by atoms with Gasteiger partial charge in [-0.05, 0) is 30.0 Å². The normalized spacial score (nSPS) is 17.4. The molecule has 1 atom stereocenters. The minimum atomic E-state index is -0.0954.